The number of rotatable bonds is 7. The lowest BCUT2D eigenvalue weighted by molar-refractivity contribution is -0.384. The maximum absolute atomic E-state index is 12.6. The van der Waals surface area contributed by atoms with Crippen LogP contribution in [0.2, 0.25) is 0 Å². The van der Waals surface area contributed by atoms with E-state index in [2.05, 4.69) is 21.2 Å². The number of benzene rings is 3. The van der Waals surface area contributed by atoms with Crippen LogP contribution >= 0.6 is 15.9 Å². The molecule has 1 amide bonds. The van der Waals surface area contributed by atoms with Gasteiger partial charge in [0, 0.05) is 17.8 Å². The van der Waals surface area contributed by atoms with Crippen LogP contribution in [0.1, 0.15) is 22.3 Å². The van der Waals surface area contributed by atoms with Crippen molar-refractivity contribution in [3.63, 3.8) is 0 Å². The van der Waals surface area contributed by atoms with E-state index in [1.165, 1.54) is 18.2 Å². The number of halogens is 1. The summed E-state index contributed by atoms with van der Waals surface area (Å²) in [7, 11) is 0. The van der Waals surface area contributed by atoms with Gasteiger partial charge in [-0.3, -0.25) is 14.9 Å². The zero-order chi connectivity index (χ0) is 24.0. The molecule has 166 valence electrons. The Labute approximate surface area is 199 Å². The zero-order valence-corrected chi connectivity index (χ0v) is 19.5. The standard InChI is InChI=1S/C25H20BrN3O4/c1-16-4-3-5-23(17(16)2)28-25(30)20(14-27)12-19-8-11-24(22(26)13-19)33-15-18-6-9-21(10-7-18)29(31)32/h3-13H,15H2,1-2H3,(H,28,30)/b20-12+. The number of nitriles is 1. The molecule has 0 aliphatic carbocycles. The van der Waals surface area contributed by atoms with Crippen LogP contribution in [0.3, 0.4) is 0 Å². The van der Waals surface area contributed by atoms with Gasteiger partial charge in [-0.05, 0) is 88.4 Å². The fourth-order valence-electron chi connectivity index (χ4n) is 2.99. The molecule has 3 aromatic carbocycles. The van der Waals surface area contributed by atoms with Crippen LogP contribution in [0.15, 0.2) is 70.7 Å². The molecule has 0 atom stereocenters. The number of nitro benzene ring substituents is 1. The van der Waals surface area contributed by atoms with Crippen LogP contribution < -0.4 is 10.1 Å². The number of nitrogens with one attached hydrogen (secondary N) is 1. The summed E-state index contributed by atoms with van der Waals surface area (Å²) in [5.74, 6) is 0.0738. The molecule has 7 nitrogen and oxygen atoms in total. The minimum Gasteiger partial charge on any atom is -0.488 e. The fraction of sp³-hybridized carbons (Fsp3) is 0.120. The smallest absolute Gasteiger partial charge is 0.269 e. The highest BCUT2D eigenvalue weighted by molar-refractivity contribution is 9.10. The molecule has 3 rings (SSSR count). The van der Waals surface area contributed by atoms with Crippen molar-refractivity contribution in [3.05, 3.63) is 103 Å². The van der Waals surface area contributed by atoms with Crippen molar-refractivity contribution in [1.29, 1.82) is 5.26 Å². The van der Waals surface area contributed by atoms with Crippen molar-refractivity contribution in [3.8, 4) is 11.8 Å². The van der Waals surface area contributed by atoms with Gasteiger partial charge in [-0.1, -0.05) is 18.2 Å². The summed E-state index contributed by atoms with van der Waals surface area (Å²) in [5, 5.41) is 23.0. The second-order valence-electron chi connectivity index (χ2n) is 7.27. The zero-order valence-electron chi connectivity index (χ0n) is 18.0. The third kappa shape index (κ3) is 6.05. The van der Waals surface area contributed by atoms with Crippen LogP contribution in [0.25, 0.3) is 6.08 Å². The average Bonchev–Trinajstić information content (AvgIpc) is 2.80. The van der Waals surface area contributed by atoms with Gasteiger partial charge in [-0.15, -0.1) is 0 Å². The third-order valence-corrected chi connectivity index (χ3v) is 5.65. The molecule has 3 aromatic rings. The summed E-state index contributed by atoms with van der Waals surface area (Å²) in [4.78, 5) is 22.9. The van der Waals surface area contributed by atoms with Gasteiger partial charge in [0.25, 0.3) is 11.6 Å². The highest BCUT2D eigenvalue weighted by Gasteiger charge is 2.12. The van der Waals surface area contributed by atoms with Gasteiger partial charge in [0.2, 0.25) is 0 Å². The number of ether oxygens (including phenoxy) is 1. The Kier molecular flexibility index (Phi) is 7.59. The first-order valence-electron chi connectivity index (χ1n) is 9.93. The number of carbonyl (C=O) groups is 1. The molecule has 0 radical (unpaired) electrons. The summed E-state index contributed by atoms with van der Waals surface area (Å²) in [6, 6.07) is 18.9. The highest BCUT2D eigenvalue weighted by atomic mass is 79.9. The van der Waals surface area contributed by atoms with Crippen LogP contribution in [0.5, 0.6) is 5.75 Å². The van der Waals surface area contributed by atoms with Gasteiger partial charge < -0.3 is 10.1 Å². The van der Waals surface area contributed by atoms with Gasteiger partial charge >= 0.3 is 0 Å². The first-order chi connectivity index (χ1) is 15.8. The Morgan fingerprint density at radius 3 is 2.55 bits per heavy atom. The van der Waals surface area contributed by atoms with Gasteiger partial charge in [0.15, 0.2) is 0 Å². The van der Waals surface area contributed by atoms with E-state index in [4.69, 9.17) is 4.74 Å². The summed E-state index contributed by atoms with van der Waals surface area (Å²) < 4.78 is 6.42. The van der Waals surface area contributed by atoms with E-state index in [1.807, 2.05) is 32.0 Å². The van der Waals surface area contributed by atoms with Crippen LogP contribution in [-0.4, -0.2) is 10.8 Å². The number of amides is 1. The molecule has 1 N–H and O–H groups in total. The molecule has 33 heavy (non-hydrogen) atoms. The Morgan fingerprint density at radius 2 is 1.91 bits per heavy atom. The van der Waals surface area contributed by atoms with Crippen molar-refractivity contribution in [2.75, 3.05) is 5.32 Å². The number of nitrogens with zero attached hydrogens (tertiary/aromatic N) is 2. The van der Waals surface area contributed by atoms with Crippen molar-refractivity contribution < 1.29 is 14.5 Å². The Bertz CT molecular complexity index is 1280. The van der Waals surface area contributed by atoms with Crippen LogP contribution in [0, 0.1) is 35.3 Å². The number of nitro groups is 1. The monoisotopic (exact) mass is 505 g/mol. The molecule has 0 unspecified atom stereocenters. The SMILES string of the molecule is Cc1cccc(NC(=O)/C(C#N)=C/c2ccc(OCc3ccc([N+](=O)[O-])cc3)c(Br)c2)c1C. The number of hydrogen-bond donors (Lipinski definition) is 1. The van der Waals surface area contributed by atoms with Gasteiger partial charge in [-0.2, -0.15) is 5.26 Å². The molecule has 0 heterocycles. The predicted octanol–water partition coefficient (Wildman–Crippen LogP) is 6.10. The molecule has 0 aliphatic heterocycles. The number of anilines is 1. The van der Waals surface area contributed by atoms with Crippen molar-refractivity contribution in [1.82, 2.24) is 0 Å². The van der Waals surface area contributed by atoms with E-state index < -0.39 is 10.8 Å². The summed E-state index contributed by atoms with van der Waals surface area (Å²) in [5.41, 5.74) is 4.08. The third-order valence-electron chi connectivity index (χ3n) is 5.03. The molecule has 0 spiro atoms. The summed E-state index contributed by atoms with van der Waals surface area (Å²) in [6.07, 6.45) is 1.51. The second-order valence-corrected chi connectivity index (χ2v) is 8.13. The lowest BCUT2D eigenvalue weighted by atomic mass is 10.1. The molecule has 0 fully saturated rings. The van der Waals surface area contributed by atoms with Crippen LogP contribution in [-0.2, 0) is 11.4 Å². The molecule has 0 aromatic heterocycles. The fourth-order valence-corrected chi connectivity index (χ4v) is 3.50. The number of carbonyl (C=O) groups excluding carboxylic acids is 1. The second kappa shape index (κ2) is 10.6. The van der Waals surface area contributed by atoms with Crippen molar-refractivity contribution >= 4 is 39.3 Å². The largest absolute Gasteiger partial charge is 0.488 e. The topological polar surface area (TPSA) is 105 Å². The summed E-state index contributed by atoms with van der Waals surface area (Å²) in [6.45, 7) is 4.09. The molecule has 8 heteroatoms. The molecule has 0 bridgehead atoms. The first kappa shape index (κ1) is 23.7. The number of hydrogen-bond acceptors (Lipinski definition) is 5. The van der Waals surface area contributed by atoms with Gasteiger partial charge in [-0.25, -0.2) is 0 Å². The Morgan fingerprint density at radius 1 is 1.18 bits per heavy atom. The van der Waals surface area contributed by atoms with Gasteiger partial charge in [0.1, 0.15) is 24.0 Å². The average molecular weight is 506 g/mol. The molecule has 0 aliphatic rings. The van der Waals surface area contributed by atoms with E-state index >= 15 is 0 Å². The van der Waals surface area contributed by atoms with E-state index in [0.717, 1.165) is 16.7 Å². The Hall–Kier alpha value is -3.96. The lowest BCUT2D eigenvalue weighted by Gasteiger charge is -2.10. The van der Waals surface area contributed by atoms with Gasteiger partial charge in [0.05, 0.1) is 9.40 Å². The molecular formula is C25H20BrN3O4. The summed E-state index contributed by atoms with van der Waals surface area (Å²) >= 11 is 3.44. The maximum Gasteiger partial charge on any atom is 0.269 e. The van der Waals surface area contributed by atoms with Crippen molar-refractivity contribution in [2.45, 2.75) is 20.5 Å². The normalized spacial score (nSPS) is 10.9. The first-order valence-corrected chi connectivity index (χ1v) is 10.7. The molecule has 0 saturated carbocycles. The number of non-ortho nitro benzene ring substituents is 1. The van der Waals surface area contributed by atoms with Crippen molar-refractivity contribution in [2.24, 2.45) is 0 Å². The minimum atomic E-state index is -0.485. The minimum absolute atomic E-state index is 0.0194. The number of aryl methyl sites for hydroxylation is 1. The highest BCUT2D eigenvalue weighted by Crippen LogP contribution is 2.28. The Balaban J connectivity index is 1.70. The lowest BCUT2D eigenvalue weighted by Crippen LogP contribution is -2.14. The maximum atomic E-state index is 12.6. The van der Waals surface area contributed by atoms with E-state index in [0.29, 0.717) is 21.5 Å². The van der Waals surface area contributed by atoms with E-state index in [-0.39, 0.29) is 17.9 Å². The van der Waals surface area contributed by atoms with E-state index in [1.54, 1.807) is 36.4 Å². The quantitative estimate of drug-likeness (QED) is 0.181. The predicted molar refractivity (Wildman–Crippen MR) is 130 cm³/mol. The molecular weight excluding hydrogens is 486 g/mol. The van der Waals surface area contributed by atoms with E-state index in [9.17, 15) is 20.2 Å². The van der Waals surface area contributed by atoms with Crippen LogP contribution in [0.4, 0.5) is 11.4 Å². The molecule has 0 saturated heterocycles.